The normalized spacial score (nSPS) is 11.1. The van der Waals surface area contributed by atoms with Gasteiger partial charge in [0, 0.05) is 30.7 Å². The third kappa shape index (κ3) is 5.80. The summed E-state index contributed by atoms with van der Waals surface area (Å²) in [6.45, 7) is 3.90. The lowest BCUT2D eigenvalue weighted by molar-refractivity contribution is 0.0963. The zero-order valence-electron chi connectivity index (χ0n) is 14.5. The van der Waals surface area contributed by atoms with Crippen molar-refractivity contribution in [2.24, 2.45) is 4.99 Å². The van der Waals surface area contributed by atoms with E-state index in [4.69, 9.17) is 11.6 Å². The number of nitrogens with one attached hydrogen (secondary N) is 3. The first-order valence-corrected chi connectivity index (χ1v) is 8.58. The fraction of sp³-hybridized carbons (Fsp3) is 0.263. The molecule has 0 heterocycles. The molecule has 0 aliphatic rings. The van der Waals surface area contributed by atoms with Crippen molar-refractivity contribution in [3.8, 4) is 0 Å². The van der Waals surface area contributed by atoms with Crippen LogP contribution in [0.25, 0.3) is 0 Å². The van der Waals surface area contributed by atoms with E-state index in [9.17, 15) is 4.79 Å². The zero-order chi connectivity index (χ0) is 18.1. The van der Waals surface area contributed by atoms with Crippen molar-refractivity contribution in [3.05, 3.63) is 70.2 Å². The van der Waals surface area contributed by atoms with E-state index in [0.717, 1.165) is 28.7 Å². The summed E-state index contributed by atoms with van der Waals surface area (Å²) in [5, 5.41) is 9.83. The smallest absolute Gasteiger partial charge is 0.251 e. The maximum Gasteiger partial charge on any atom is 0.251 e. The largest absolute Gasteiger partial charge is 0.357 e. The number of hydrogen-bond donors (Lipinski definition) is 3. The standard InChI is InChI=1S/C19H23ClN4O/c1-3-22-19(24-13-16-6-4-5-7-17(16)20)23-12-14-8-10-15(11-9-14)18(25)21-2/h4-11H,3,12-13H2,1-2H3,(H,21,25)(H2,22,23,24). The van der Waals surface area contributed by atoms with E-state index in [1.54, 1.807) is 19.2 Å². The van der Waals surface area contributed by atoms with Crippen molar-refractivity contribution >= 4 is 23.5 Å². The summed E-state index contributed by atoms with van der Waals surface area (Å²) in [4.78, 5) is 16.1. The summed E-state index contributed by atoms with van der Waals surface area (Å²) < 4.78 is 0. The van der Waals surface area contributed by atoms with Crippen LogP contribution in [-0.4, -0.2) is 25.5 Å². The molecule has 1 amide bonds. The molecule has 2 aromatic carbocycles. The first kappa shape index (κ1) is 18.8. The number of amides is 1. The number of aliphatic imine (C=N–C) groups is 1. The van der Waals surface area contributed by atoms with Crippen molar-refractivity contribution in [2.45, 2.75) is 20.0 Å². The Morgan fingerprint density at radius 1 is 1.08 bits per heavy atom. The van der Waals surface area contributed by atoms with Gasteiger partial charge in [0.15, 0.2) is 5.96 Å². The maximum absolute atomic E-state index is 11.6. The van der Waals surface area contributed by atoms with Crippen LogP contribution in [0.2, 0.25) is 5.02 Å². The molecular weight excluding hydrogens is 336 g/mol. The van der Waals surface area contributed by atoms with Gasteiger partial charge < -0.3 is 16.0 Å². The fourth-order valence-electron chi connectivity index (χ4n) is 2.24. The summed E-state index contributed by atoms with van der Waals surface area (Å²) in [5.41, 5.74) is 2.69. The van der Waals surface area contributed by atoms with E-state index in [0.29, 0.717) is 18.7 Å². The second kappa shape index (κ2) is 9.69. The molecule has 0 saturated carbocycles. The van der Waals surface area contributed by atoms with Crippen LogP contribution < -0.4 is 16.0 Å². The van der Waals surface area contributed by atoms with Crippen LogP contribution in [0.15, 0.2) is 53.5 Å². The van der Waals surface area contributed by atoms with E-state index < -0.39 is 0 Å². The third-order valence-corrected chi connectivity index (χ3v) is 3.98. The summed E-state index contributed by atoms with van der Waals surface area (Å²) in [5.74, 6) is 0.627. The monoisotopic (exact) mass is 358 g/mol. The molecule has 0 radical (unpaired) electrons. The van der Waals surface area contributed by atoms with Crippen LogP contribution in [0.3, 0.4) is 0 Å². The summed E-state index contributed by atoms with van der Waals surface area (Å²) in [7, 11) is 1.62. The molecule has 0 aliphatic carbocycles. The Morgan fingerprint density at radius 2 is 1.80 bits per heavy atom. The van der Waals surface area contributed by atoms with Gasteiger partial charge in [-0.1, -0.05) is 41.9 Å². The molecule has 0 unspecified atom stereocenters. The molecule has 6 heteroatoms. The van der Waals surface area contributed by atoms with Gasteiger partial charge >= 0.3 is 0 Å². The Bertz CT molecular complexity index is 728. The molecule has 25 heavy (non-hydrogen) atoms. The average Bonchev–Trinajstić information content (AvgIpc) is 2.65. The molecule has 2 rings (SSSR count). The van der Waals surface area contributed by atoms with E-state index >= 15 is 0 Å². The van der Waals surface area contributed by atoms with Crippen LogP contribution in [0.5, 0.6) is 0 Å². The predicted octanol–water partition coefficient (Wildman–Crippen LogP) is 2.95. The molecule has 0 bridgehead atoms. The van der Waals surface area contributed by atoms with Gasteiger partial charge in [0.2, 0.25) is 0 Å². The second-order valence-corrected chi connectivity index (χ2v) is 5.82. The minimum atomic E-state index is -0.0928. The Kier molecular flexibility index (Phi) is 7.29. The number of nitrogens with zero attached hydrogens (tertiary/aromatic N) is 1. The molecule has 3 N–H and O–H groups in total. The Hall–Kier alpha value is -2.53. The molecule has 0 aliphatic heterocycles. The Balaban J connectivity index is 1.99. The average molecular weight is 359 g/mol. The lowest BCUT2D eigenvalue weighted by Gasteiger charge is -2.12. The molecule has 0 spiro atoms. The Labute approximate surface area is 153 Å². The van der Waals surface area contributed by atoms with Gasteiger partial charge in [-0.2, -0.15) is 0 Å². The first-order valence-electron chi connectivity index (χ1n) is 8.20. The van der Waals surface area contributed by atoms with Crippen molar-refractivity contribution < 1.29 is 4.79 Å². The quantitative estimate of drug-likeness (QED) is 0.549. The lowest BCUT2D eigenvalue weighted by atomic mass is 10.1. The number of hydrogen-bond acceptors (Lipinski definition) is 2. The number of carbonyl (C=O) groups excluding carboxylic acids is 1. The van der Waals surface area contributed by atoms with E-state index in [1.165, 1.54) is 0 Å². The van der Waals surface area contributed by atoms with Crippen molar-refractivity contribution in [1.82, 2.24) is 16.0 Å². The molecule has 0 fully saturated rings. The number of halogens is 1. The topological polar surface area (TPSA) is 65.5 Å². The highest BCUT2D eigenvalue weighted by Crippen LogP contribution is 2.14. The minimum absolute atomic E-state index is 0.0928. The van der Waals surface area contributed by atoms with Gasteiger partial charge in [0.25, 0.3) is 5.91 Å². The lowest BCUT2D eigenvalue weighted by Crippen LogP contribution is -2.36. The van der Waals surface area contributed by atoms with Gasteiger partial charge in [-0.3, -0.25) is 4.79 Å². The second-order valence-electron chi connectivity index (χ2n) is 5.42. The highest BCUT2D eigenvalue weighted by atomic mass is 35.5. The van der Waals surface area contributed by atoms with Gasteiger partial charge in [-0.05, 0) is 36.2 Å². The van der Waals surface area contributed by atoms with Gasteiger partial charge in [-0.15, -0.1) is 0 Å². The van der Waals surface area contributed by atoms with E-state index in [1.807, 2.05) is 43.3 Å². The number of carbonyl (C=O) groups is 1. The van der Waals surface area contributed by atoms with E-state index in [-0.39, 0.29) is 5.91 Å². The molecule has 0 saturated heterocycles. The van der Waals surface area contributed by atoms with Gasteiger partial charge in [0.05, 0.1) is 6.54 Å². The predicted molar refractivity (Wildman–Crippen MR) is 103 cm³/mol. The summed E-state index contributed by atoms with van der Waals surface area (Å²) in [6, 6.07) is 15.1. The third-order valence-electron chi connectivity index (χ3n) is 3.61. The van der Waals surface area contributed by atoms with Crippen molar-refractivity contribution in [3.63, 3.8) is 0 Å². The maximum atomic E-state index is 11.6. The highest BCUT2D eigenvalue weighted by Gasteiger charge is 2.04. The number of guanidine groups is 1. The molecular formula is C19H23ClN4O. The minimum Gasteiger partial charge on any atom is -0.357 e. The van der Waals surface area contributed by atoms with Crippen LogP contribution in [0.4, 0.5) is 0 Å². The van der Waals surface area contributed by atoms with Crippen molar-refractivity contribution in [1.29, 1.82) is 0 Å². The molecule has 2 aromatic rings. The highest BCUT2D eigenvalue weighted by molar-refractivity contribution is 6.31. The van der Waals surface area contributed by atoms with Crippen LogP contribution >= 0.6 is 11.6 Å². The molecule has 0 aromatic heterocycles. The summed E-state index contributed by atoms with van der Waals surface area (Å²) >= 11 is 6.18. The molecule has 0 atom stereocenters. The van der Waals surface area contributed by atoms with Crippen LogP contribution in [-0.2, 0) is 13.1 Å². The SMILES string of the molecule is CCNC(=NCc1ccc(C(=O)NC)cc1)NCc1ccccc1Cl. The van der Waals surface area contributed by atoms with Crippen molar-refractivity contribution in [2.75, 3.05) is 13.6 Å². The molecule has 5 nitrogen and oxygen atoms in total. The van der Waals surface area contributed by atoms with Crippen LogP contribution in [0.1, 0.15) is 28.4 Å². The first-order chi connectivity index (χ1) is 12.1. The van der Waals surface area contributed by atoms with Crippen LogP contribution in [0, 0.1) is 0 Å². The number of rotatable bonds is 6. The fourth-order valence-corrected chi connectivity index (χ4v) is 2.44. The zero-order valence-corrected chi connectivity index (χ0v) is 15.2. The summed E-state index contributed by atoms with van der Waals surface area (Å²) in [6.07, 6.45) is 0. The molecule has 132 valence electrons. The van der Waals surface area contributed by atoms with Gasteiger partial charge in [-0.25, -0.2) is 4.99 Å². The Morgan fingerprint density at radius 3 is 2.44 bits per heavy atom. The number of benzene rings is 2. The van der Waals surface area contributed by atoms with Gasteiger partial charge in [0.1, 0.15) is 0 Å². The van der Waals surface area contributed by atoms with E-state index in [2.05, 4.69) is 20.9 Å².